The van der Waals surface area contributed by atoms with Crippen LogP contribution in [0, 0.1) is 0 Å². The Labute approximate surface area is 40.0 Å². The predicted molar refractivity (Wildman–Crippen MR) is 20.3 cm³/mol. The molecule has 1 heterocycles. The minimum Gasteiger partial charge on any atom is -0.428 e. The molecule has 0 saturated carbocycles. The smallest absolute Gasteiger partial charge is 0.368 e. The van der Waals surface area contributed by atoms with Crippen molar-refractivity contribution in [1.82, 2.24) is 0 Å². The lowest BCUT2D eigenvalue weighted by molar-refractivity contribution is -0.117. The molecule has 0 aromatic carbocycles. The average molecular weight is 107 g/mol. The summed E-state index contributed by atoms with van der Waals surface area (Å²) >= 11 is 5.22. The Morgan fingerprint density at radius 3 is 2.17 bits per heavy atom. The molecule has 34 valence electrons. The van der Waals surface area contributed by atoms with E-state index in [1.54, 1.807) is 0 Å². The molecule has 0 aromatic rings. The number of ether oxygens (including phenoxy) is 1. The van der Waals surface area contributed by atoms with Crippen LogP contribution in [-0.2, 0) is 9.53 Å². The maximum atomic E-state index is 9.85. The number of rotatable bonds is 0. The van der Waals surface area contributed by atoms with E-state index in [0.29, 0.717) is 0 Å². The summed E-state index contributed by atoms with van der Waals surface area (Å²) in [6.45, 7) is 1.51. The van der Waals surface area contributed by atoms with Crippen molar-refractivity contribution in [2.75, 3.05) is 0 Å². The van der Waals surface area contributed by atoms with Gasteiger partial charge < -0.3 is 4.74 Å². The minimum absolute atomic E-state index is 0.329. The van der Waals surface area contributed by atoms with E-state index in [4.69, 9.17) is 11.6 Å². The molecule has 1 saturated heterocycles. The summed E-state index contributed by atoms with van der Waals surface area (Å²) in [6.07, 6.45) is 0. The lowest BCUT2D eigenvalue weighted by atomic mass is 10.5. The van der Waals surface area contributed by atoms with Gasteiger partial charge in [-0.2, -0.15) is 0 Å². The maximum absolute atomic E-state index is 9.85. The van der Waals surface area contributed by atoms with Crippen molar-refractivity contribution in [3.05, 3.63) is 0 Å². The van der Waals surface area contributed by atoms with Crippen LogP contribution in [0.1, 0.15) is 6.92 Å². The molecule has 0 amide bonds. The number of halogens is 1. The first kappa shape index (κ1) is 3.93. The standard InChI is InChI=1S/C3H3ClO2/c1-3(4)2(5)6-3/h1H3. The van der Waals surface area contributed by atoms with Gasteiger partial charge in [-0.15, -0.1) is 0 Å². The van der Waals surface area contributed by atoms with Gasteiger partial charge in [0.1, 0.15) is 0 Å². The molecule has 0 spiro atoms. The summed E-state index contributed by atoms with van der Waals surface area (Å²) in [6, 6.07) is 0. The van der Waals surface area contributed by atoms with E-state index >= 15 is 0 Å². The van der Waals surface area contributed by atoms with Crippen molar-refractivity contribution < 1.29 is 9.53 Å². The molecular formula is C3H3ClO2. The number of epoxide rings is 1. The molecule has 0 aromatic heterocycles. The monoisotopic (exact) mass is 106 g/mol. The molecule has 1 rings (SSSR count). The number of alkyl halides is 1. The summed E-state index contributed by atoms with van der Waals surface area (Å²) in [7, 11) is 0. The zero-order valence-electron chi connectivity index (χ0n) is 3.19. The van der Waals surface area contributed by atoms with Crippen molar-refractivity contribution in [2.24, 2.45) is 0 Å². The average Bonchev–Trinajstić information content (AvgIpc) is 1.73. The van der Waals surface area contributed by atoms with E-state index in [-0.39, 0.29) is 5.97 Å². The van der Waals surface area contributed by atoms with Crippen LogP contribution in [0.5, 0.6) is 0 Å². The molecule has 1 aliphatic rings. The number of carbonyl (C=O) groups excluding carboxylic acids is 1. The summed E-state index contributed by atoms with van der Waals surface area (Å²) in [5, 5.41) is -0.958. The normalized spacial score (nSPS) is 42.0. The van der Waals surface area contributed by atoms with Gasteiger partial charge in [0, 0.05) is 6.92 Å². The number of cyclic esters (lactones) is 1. The Kier molecular flexibility index (Phi) is 0.463. The van der Waals surface area contributed by atoms with Crippen LogP contribution in [0.25, 0.3) is 0 Å². The molecule has 1 aliphatic heterocycles. The number of hydrogen-bond donors (Lipinski definition) is 0. The van der Waals surface area contributed by atoms with Gasteiger partial charge in [-0.05, 0) is 0 Å². The Morgan fingerprint density at radius 1 is 2.00 bits per heavy atom. The third-order valence-electron chi connectivity index (χ3n) is 0.607. The lowest BCUT2D eigenvalue weighted by Gasteiger charge is -1.72. The molecule has 1 unspecified atom stereocenters. The number of carbonyl (C=O) groups is 1. The van der Waals surface area contributed by atoms with Crippen molar-refractivity contribution in [1.29, 1.82) is 0 Å². The number of hydrogen-bond acceptors (Lipinski definition) is 2. The highest BCUT2D eigenvalue weighted by atomic mass is 35.5. The van der Waals surface area contributed by atoms with Crippen LogP contribution < -0.4 is 0 Å². The first-order chi connectivity index (χ1) is 2.63. The molecule has 0 N–H and O–H groups in total. The van der Waals surface area contributed by atoms with E-state index in [9.17, 15) is 4.79 Å². The molecule has 0 aliphatic carbocycles. The highest BCUT2D eigenvalue weighted by molar-refractivity contribution is 6.38. The van der Waals surface area contributed by atoms with Crippen molar-refractivity contribution in [3.63, 3.8) is 0 Å². The van der Waals surface area contributed by atoms with Gasteiger partial charge in [0.2, 0.25) is 0 Å². The van der Waals surface area contributed by atoms with E-state index in [0.717, 1.165) is 0 Å². The first-order valence-corrected chi connectivity index (χ1v) is 1.93. The second kappa shape index (κ2) is 0.706. The third-order valence-corrected chi connectivity index (χ3v) is 0.839. The van der Waals surface area contributed by atoms with Crippen LogP contribution in [0.15, 0.2) is 0 Å². The van der Waals surface area contributed by atoms with Crippen LogP contribution in [-0.4, -0.2) is 11.0 Å². The molecule has 1 fully saturated rings. The Bertz CT molecular complexity index is 97.0. The Hall–Kier alpha value is -0.240. The van der Waals surface area contributed by atoms with Gasteiger partial charge in [0.05, 0.1) is 0 Å². The zero-order chi connectivity index (χ0) is 4.78. The van der Waals surface area contributed by atoms with Gasteiger partial charge in [-0.25, -0.2) is 4.79 Å². The van der Waals surface area contributed by atoms with Gasteiger partial charge in [0.25, 0.3) is 5.06 Å². The predicted octanol–water partition coefficient (Wildman–Crippen LogP) is 0.498. The minimum atomic E-state index is -0.958. The van der Waals surface area contributed by atoms with Gasteiger partial charge >= 0.3 is 5.97 Å². The summed E-state index contributed by atoms with van der Waals surface area (Å²) in [5.41, 5.74) is 0. The topological polar surface area (TPSA) is 29.6 Å². The Morgan fingerprint density at radius 2 is 2.17 bits per heavy atom. The fourth-order valence-electron chi connectivity index (χ4n) is 0.149. The molecule has 6 heavy (non-hydrogen) atoms. The molecular weight excluding hydrogens is 103 g/mol. The van der Waals surface area contributed by atoms with Crippen molar-refractivity contribution >= 4 is 17.6 Å². The molecule has 0 bridgehead atoms. The van der Waals surface area contributed by atoms with Gasteiger partial charge in [-0.1, -0.05) is 11.6 Å². The van der Waals surface area contributed by atoms with Gasteiger partial charge in [-0.3, -0.25) is 0 Å². The van der Waals surface area contributed by atoms with Crippen LogP contribution >= 0.6 is 11.6 Å². The van der Waals surface area contributed by atoms with Crippen LogP contribution in [0.3, 0.4) is 0 Å². The maximum Gasteiger partial charge on any atom is 0.368 e. The molecule has 3 heteroatoms. The summed E-state index contributed by atoms with van der Waals surface area (Å²) in [5.74, 6) is -0.329. The Balaban J connectivity index is 2.63. The fraction of sp³-hybridized carbons (Fsp3) is 0.667. The lowest BCUT2D eigenvalue weighted by Crippen LogP contribution is -1.89. The van der Waals surface area contributed by atoms with Crippen LogP contribution in [0.2, 0.25) is 0 Å². The van der Waals surface area contributed by atoms with E-state index in [1.165, 1.54) is 6.92 Å². The van der Waals surface area contributed by atoms with E-state index in [1.807, 2.05) is 0 Å². The zero-order valence-corrected chi connectivity index (χ0v) is 3.95. The quantitative estimate of drug-likeness (QED) is 0.332. The largest absolute Gasteiger partial charge is 0.428 e. The summed E-state index contributed by atoms with van der Waals surface area (Å²) in [4.78, 5) is 9.85. The second-order valence-corrected chi connectivity index (χ2v) is 2.03. The van der Waals surface area contributed by atoms with Crippen molar-refractivity contribution in [3.8, 4) is 0 Å². The molecule has 0 radical (unpaired) electrons. The second-order valence-electron chi connectivity index (χ2n) is 1.31. The molecule has 2 nitrogen and oxygen atoms in total. The third kappa shape index (κ3) is 0.373. The van der Waals surface area contributed by atoms with E-state index in [2.05, 4.69) is 4.74 Å². The highest BCUT2D eigenvalue weighted by Crippen LogP contribution is 2.32. The van der Waals surface area contributed by atoms with Crippen molar-refractivity contribution in [2.45, 2.75) is 12.0 Å². The fourth-order valence-corrected chi connectivity index (χ4v) is 0.219. The van der Waals surface area contributed by atoms with Gasteiger partial charge in [0.15, 0.2) is 0 Å². The molecule has 1 atom stereocenters. The highest BCUT2D eigenvalue weighted by Gasteiger charge is 2.51. The van der Waals surface area contributed by atoms with Crippen LogP contribution in [0.4, 0.5) is 0 Å². The SMILES string of the molecule is CC1(Cl)OC1=O. The first-order valence-electron chi connectivity index (χ1n) is 1.55. The summed E-state index contributed by atoms with van der Waals surface area (Å²) < 4.78 is 4.23. The van der Waals surface area contributed by atoms with E-state index < -0.39 is 5.06 Å².